The summed E-state index contributed by atoms with van der Waals surface area (Å²) in [4.78, 5) is 25.8. The summed E-state index contributed by atoms with van der Waals surface area (Å²) in [5.41, 5.74) is 3.74. The molecule has 0 bridgehead atoms. The lowest BCUT2D eigenvalue weighted by atomic mass is 9.98. The molecule has 1 unspecified atom stereocenters. The Balaban J connectivity index is 1.97. The fourth-order valence-electron chi connectivity index (χ4n) is 2.29. The van der Waals surface area contributed by atoms with Gasteiger partial charge in [0.1, 0.15) is 19.6 Å². The minimum Gasteiger partial charge on any atom is -0.497 e. The van der Waals surface area contributed by atoms with Crippen LogP contribution in [0.4, 0.5) is 5.69 Å². The van der Waals surface area contributed by atoms with E-state index in [-0.39, 0.29) is 19.1 Å². The number of hydrogen-bond acceptors (Lipinski definition) is 5. The first kappa shape index (κ1) is 18.9. The quantitative estimate of drug-likeness (QED) is 0.264. The summed E-state index contributed by atoms with van der Waals surface area (Å²) in [7, 11) is 1.59. The Morgan fingerprint density at radius 3 is 2.28 bits per heavy atom. The van der Waals surface area contributed by atoms with Crippen molar-refractivity contribution in [2.75, 3.05) is 32.3 Å². The van der Waals surface area contributed by atoms with Gasteiger partial charge in [-0.2, -0.15) is 0 Å². The fraction of sp³-hybridized carbons (Fsp3) is 0.444. The van der Waals surface area contributed by atoms with E-state index in [0.29, 0.717) is 17.2 Å². The standard InChI is InChI=1S/C18H23NO5Si/c1-22-14-9-13(10-15(11-14)23-2)19-12-16(17(19)20)18(21)24-7-6-8-25(3,4)5/h9-11,16H,7,12H2,1-5H3. The van der Waals surface area contributed by atoms with Gasteiger partial charge in [-0.25, -0.2) is 0 Å². The van der Waals surface area contributed by atoms with Gasteiger partial charge in [-0.05, 0) is 0 Å². The molecule has 0 N–H and O–H groups in total. The van der Waals surface area contributed by atoms with E-state index in [1.165, 1.54) is 19.1 Å². The van der Waals surface area contributed by atoms with Crippen LogP contribution in [0, 0.1) is 17.4 Å². The van der Waals surface area contributed by atoms with Crippen LogP contribution < -0.4 is 14.4 Å². The maximum atomic E-state index is 12.3. The van der Waals surface area contributed by atoms with Crippen LogP contribution in [0.2, 0.25) is 19.6 Å². The highest BCUT2D eigenvalue weighted by molar-refractivity contribution is 6.83. The largest absolute Gasteiger partial charge is 0.497 e. The molecule has 1 atom stereocenters. The van der Waals surface area contributed by atoms with Crippen molar-refractivity contribution in [2.24, 2.45) is 5.92 Å². The number of benzene rings is 1. The molecule has 0 saturated carbocycles. The molecule has 7 heteroatoms. The van der Waals surface area contributed by atoms with Crippen LogP contribution in [0.15, 0.2) is 18.2 Å². The number of carbonyl (C=O) groups is 2. The second-order valence-corrected chi connectivity index (χ2v) is 11.5. The lowest BCUT2D eigenvalue weighted by molar-refractivity contribution is -0.153. The minimum atomic E-state index is -1.49. The van der Waals surface area contributed by atoms with E-state index in [2.05, 4.69) is 31.1 Å². The lowest BCUT2D eigenvalue weighted by Crippen LogP contribution is -2.56. The zero-order chi connectivity index (χ0) is 18.6. The Labute approximate surface area is 149 Å². The second-order valence-electron chi connectivity index (χ2n) is 6.73. The van der Waals surface area contributed by atoms with Crippen LogP contribution in [0.1, 0.15) is 0 Å². The van der Waals surface area contributed by atoms with Crippen molar-refractivity contribution in [3.63, 3.8) is 0 Å². The van der Waals surface area contributed by atoms with Crippen molar-refractivity contribution in [1.29, 1.82) is 0 Å². The van der Waals surface area contributed by atoms with Gasteiger partial charge in [-0.3, -0.25) is 9.59 Å². The molecule has 0 radical (unpaired) electrons. The van der Waals surface area contributed by atoms with Gasteiger partial charge in [0.15, 0.2) is 12.5 Å². The molecule has 25 heavy (non-hydrogen) atoms. The Morgan fingerprint density at radius 2 is 1.80 bits per heavy atom. The minimum absolute atomic E-state index is 0.0276. The fourth-order valence-corrected chi connectivity index (χ4v) is 2.89. The molecule has 1 fully saturated rings. The molecule has 2 rings (SSSR count). The second kappa shape index (κ2) is 7.62. The summed E-state index contributed by atoms with van der Waals surface area (Å²) in [6.07, 6.45) is 0. The molecule has 1 saturated heterocycles. The molecule has 1 heterocycles. The predicted molar refractivity (Wildman–Crippen MR) is 97.5 cm³/mol. The highest BCUT2D eigenvalue weighted by atomic mass is 28.3. The molecule has 1 aliphatic heterocycles. The van der Waals surface area contributed by atoms with Gasteiger partial charge in [0.05, 0.1) is 19.9 Å². The Kier molecular flexibility index (Phi) is 5.75. The van der Waals surface area contributed by atoms with E-state index in [9.17, 15) is 9.59 Å². The van der Waals surface area contributed by atoms with Crippen LogP contribution >= 0.6 is 0 Å². The third-order valence-corrected chi connectivity index (χ3v) is 4.54. The van der Waals surface area contributed by atoms with Gasteiger partial charge in [0.25, 0.3) is 0 Å². The molecule has 1 aliphatic rings. The van der Waals surface area contributed by atoms with Gasteiger partial charge in [0.2, 0.25) is 5.91 Å². The first-order chi connectivity index (χ1) is 11.7. The van der Waals surface area contributed by atoms with E-state index in [4.69, 9.17) is 14.2 Å². The molecule has 1 amide bonds. The zero-order valence-corrected chi connectivity index (χ0v) is 16.2. The highest BCUT2D eigenvalue weighted by Crippen LogP contribution is 2.33. The van der Waals surface area contributed by atoms with E-state index in [1.807, 2.05) is 0 Å². The number of carbonyl (C=O) groups excluding carboxylic acids is 2. The van der Waals surface area contributed by atoms with E-state index in [0.717, 1.165) is 0 Å². The Bertz CT molecular complexity index is 707. The van der Waals surface area contributed by atoms with Crippen molar-refractivity contribution in [3.05, 3.63) is 18.2 Å². The Morgan fingerprint density at radius 1 is 1.20 bits per heavy atom. The summed E-state index contributed by atoms with van der Waals surface area (Å²) >= 11 is 0. The number of esters is 1. The monoisotopic (exact) mass is 361 g/mol. The molecule has 0 aromatic heterocycles. The average molecular weight is 361 g/mol. The first-order valence-corrected chi connectivity index (χ1v) is 11.5. The van der Waals surface area contributed by atoms with Gasteiger partial charge in [0, 0.05) is 24.7 Å². The summed E-state index contributed by atoms with van der Waals surface area (Å²) in [6, 6.07) is 5.17. The summed E-state index contributed by atoms with van der Waals surface area (Å²) in [5.74, 6) is 2.42. The topological polar surface area (TPSA) is 65.1 Å². The molecule has 0 spiro atoms. The summed E-state index contributed by atoms with van der Waals surface area (Å²) < 4.78 is 15.5. The molecular weight excluding hydrogens is 338 g/mol. The smallest absolute Gasteiger partial charge is 0.321 e. The summed E-state index contributed by atoms with van der Waals surface area (Å²) in [5, 5.41) is 0. The number of anilines is 1. The highest BCUT2D eigenvalue weighted by Gasteiger charge is 2.44. The number of ether oxygens (including phenoxy) is 3. The number of methoxy groups -OCH3 is 2. The third kappa shape index (κ3) is 4.76. The van der Waals surface area contributed by atoms with Gasteiger partial charge in [-0.15, -0.1) is 5.54 Å². The Hall–Kier alpha value is -2.46. The van der Waals surface area contributed by atoms with Gasteiger partial charge < -0.3 is 19.1 Å². The number of nitrogens with zero attached hydrogens (tertiary/aromatic N) is 1. The van der Waals surface area contributed by atoms with E-state index < -0.39 is 20.0 Å². The normalized spacial score (nSPS) is 16.4. The van der Waals surface area contributed by atoms with Crippen LogP contribution in [-0.4, -0.2) is 47.3 Å². The van der Waals surface area contributed by atoms with Crippen molar-refractivity contribution in [3.8, 4) is 23.0 Å². The maximum absolute atomic E-state index is 12.3. The van der Waals surface area contributed by atoms with Crippen molar-refractivity contribution >= 4 is 25.6 Å². The number of hydrogen-bond donors (Lipinski definition) is 0. The van der Waals surface area contributed by atoms with Gasteiger partial charge in [-0.1, -0.05) is 25.6 Å². The molecule has 1 aromatic carbocycles. The molecule has 1 aromatic rings. The van der Waals surface area contributed by atoms with Crippen LogP contribution in [0.3, 0.4) is 0 Å². The van der Waals surface area contributed by atoms with E-state index >= 15 is 0 Å². The zero-order valence-electron chi connectivity index (χ0n) is 15.2. The molecule has 134 valence electrons. The predicted octanol–water partition coefficient (Wildman–Crippen LogP) is 2.09. The van der Waals surface area contributed by atoms with E-state index in [1.54, 1.807) is 18.2 Å². The molecular formula is C18H23NO5Si. The van der Waals surface area contributed by atoms with Crippen LogP contribution in [0.5, 0.6) is 11.5 Å². The third-order valence-electron chi connectivity index (χ3n) is 3.61. The van der Waals surface area contributed by atoms with Crippen molar-refractivity contribution in [1.82, 2.24) is 0 Å². The first-order valence-electron chi connectivity index (χ1n) is 7.96. The average Bonchev–Trinajstić information content (AvgIpc) is 2.56. The van der Waals surface area contributed by atoms with Crippen molar-refractivity contribution < 1.29 is 23.8 Å². The number of β-lactam (4-membered cyclic amide) rings is 1. The number of amides is 1. The van der Waals surface area contributed by atoms with Gasteiger partial charge >= 0.3 is 5.97 Å². The van der Waals surface area contributed by atoms with Crippen LogP contribution in [0.25, 0.3) is 0 Å². The summed E-state index contributed by atoms with van der Waals surface area (Å²) in [6.45, 7) is 6.63. The molecule has 6 nitrogen and oxygen atoms in total. The maximum Gasteiger partial charge on any atom is 0.321 e. The van der Waals surface area contributed by atoms with Crippen LogP contribution in [-0.2, 0) is 14.3 Å². The van der Waals surface area contributed by atoms with Crippen molar-refractivity contribution in [2.45, 2.75) is 19.6 Å². The SMILES string of the molecule is COc1cc(OC)cc(N2CC(C(=O)OCC#C[Si](C)(C)C)C2=O)c1. The lowest BCUT2D eigenvalue weighted by Gasteiger charge is -2.36. The number of rotatable bonds is 5. The molecule has 0 aliphatic carbocycles.